The lowest BCUT2D eigenvalue weighted by Crippen LogP contribution is -2.51. The Morgan fingerprint density at radius 3 is 2.11 bits per heavy atom. The van der Waals surface area contributed by atoms with E-state index < -0.39 is 11.3 Å². The SMILES string of the molecule is NC(=O)C1(C(=O)N2CCO[C@@H](CC(c3ccccc3)c3ccccc3)C2)CC1. The third kappa shape index (κ3) is 3.67. The van der Waals surface area contributed by atoms with Gasteiger partial charge >= 0.3 is 0 Å². The van der Waals surface area contributed by atoms with Crippen LogP contribution in [0.3, 0.4) is 0 Å². The normalized spacial score (nSPS) is 20.8. The molecule has 146 valence electrons. The predicted molar refractivity (Wildman–Crippen MR) is 107 cm³/mol. The number of hydrogen-bond donors (Lipinski definition) is 1. The van der Waals surface area contributed by atoms with E-state index in [0.717, 1.165) is 6.42 Å². The molecule has 1 aliphatic heterocycles. The number of nitrogens with zero attached hydrogens (tertiary/aromatic N) is 1. The lowest BCUT2D eigenvalue weighted by atomic mass is 9.86. The van der Waals surface area contributed by atoms with E-state index in [1.165, 1.54) is 11.1 Å². The average Bonchev–Trinajstić information content (AvgIpc) is 3.55. The number of amides is 2. The Hall–Kier alpha value is -2.66. The lowest BCUT2D eigenvalue weighted by Gasteiger charge is -2.36. The van der Waals surface area contributed by atoms with Crippen LogP contribution in [0.25, 0.3) is 0 Å². The van der Waals surface area contributed by atoms with Crippen LogP contribution in [0.1, 0.15) is 36.3 Å². The van der Waals surface area contributed by atoms with Crippen molar-refractivity contribution < 1.29 is 14.3 Å². The summed E-state index contributed by atoms with van der Waals surface area (Å²) in [6.45, 7) is 1.51. The van der Waals surface area contributed by atoms with Crippen molar-refractivity contribution in [2.75, 3.05) is 19.7 Å². The highest BCUT2D eigenvalue weighted by Crippen LogP contribution is 2.47. The van der Waals surface area contributed by atoms with Gasteiger partial charge < -0.3 is 15.4 Å². The van der Waals surface area contributed by atoms with Crippen molar-refractivity contribution in [3.8, 4) is 0 Å². The molecule has 2 fully saturated rings. The van der Waals surface area contributed by atoms with Gasteiger partial charge in [-0.05, 0) is 30.4 Å². The molecule has 2 N–H and O–H groups in total. The van der Waals surface area contributed by atoms with Crippen molar-refractivity contribution in [1.82, 2.24) is 4.90 Å². The molecule has 5 heteroatoms. The zero-order chi connectivity index (χ0) is 19.6. The molecule has 1 atom stereocenters. The van der Waals surface area contributed by atoms with Gasteiger partial charge in [-0.1, -0.05) is 60.7 Å². The molecule has 1 saturated heterocycles. The number of ether oxygens (including phenoxy) is 1. The number of carbonyl (C=O) groups is 2. The van der Waals surface area contributed by atoms with Gasteiger partial charge in [-0.3, -0.25) is 9.59 Å². The second-order valence-electron chi connectivity index (χ2n) is 7.80. The van der Waals surface area contributed by atoms with Gasteiger partial charge in [-0.2, -0.15) is 0 Å². The maximum atomic E-state index is 12.9. The highest BCUT2D eigenvalue weighted by Gasteiger charge is 2.57. The number of carbonyl (C=O) groups excluding carboxylic acids is 2. The molecule has 2 aromatic rings. The zero-order valence-electron chi connectivity index (χ0n) is 15.9. The Kier molecular flexibility index (Phi) is 5.18. The Balaban J connectivity index is 1.51. The summed E-state index contributed by atoms with van der Waals surface area (Å²) < 4.78 is 6.02. The maximum absolute atomic E-state index is 12.9. The molecule has 0 radical (unpaired) electrons. The first-order valence-corrected chi connectivity index (χ1v) is 9.91. The monoisotopic (exact) mass is 378 g/mol. The van der Waals surface area contributed by atoms with Crippen molar-refractivity contribution in [3.63, 3.8) is 0 Å². The molecule has 0 aromatic heterocycles. The van der Waals surface area contributed by atoms with Gasteiger partial charge in [0, 0.05) is 19.0 Å². The Labute approximate surface area is 165 Å². The summed E-state index contributed by atoms with van der Waals surface area (Å²) in [6, 6.07) is 20.8. The minimum atomic E-state index is -0.958. The fraction of sp³-hybridized carbons (Fsp3) is 0.391. The number of hydrogen-bond acceptors (Lipinski definition) is 3. The fourth-order valence-electron chi connectivity index (χ4n) is 4.14. The Morgan fingerprint density at radius 1 is 1.04 bits per heavy atom. The van der Waals surface area contributed by atoms with Crippen LogP contribution in [-0.2, 0) is 14.3 Å². The maximum Gasteiger partial charge on any atom is 0.238 e. The molecule has 2 aliphatic rings. The topological polar surface area (TPSA) is 72.6 Å². The molecule has 1 saturated carbocycles. The number of morpholine rings is 1. The van der Waals surface area contributed by atoms with Crippen LogP contribution in [-0.4, -0.2) is 42.5 Å². The number of primary amides is 1. The van der Waals surface area contributed by atoms with Crippen LogP contribution in [0, 0.1) is 5.41 Å². The van der Waals surface area contributed by atoms with Gasteiger partial charge in [-0.25, -0.2) is 0 Å². The smallest absolute Gasteiger partial charge is 0.238 e. The van der Waals surface area contributed by atoms with E-state index in [0.29, 0.717) is 32.5 Å². The summed E-state index contributed by atoms with van der Waals surface area (Å²) in [5.74, 6) is -0.426. The van der Waals surface area contributed by atoms with Gasteiger partial charge in [0.15, 0.2) is 0 Å². The van der Waals surface area contributed by atoms with Gasteiger partial charge in [0.2, 0.25) is 11.8 Å². The van der Waals surface area contributed by atoms with Gasteiger partial charge in [0.25, 0.3) is 0 Å². The van der Waals surface area contributed by atoms with Crippen LogP contribution >= 0.6 is 0 Å². The molecule has 4 rings (SSSR count). The molecule has 0 spiro atoms. The van der Waals surface area contributed by atoms with E-state index in [4.69, 9.17) is 10.5 Å². The lowest BCUT2D eigenvalue weighted by molar-refractivity contribution is -0.149. The van der Waals surface area contributed by atoms with Crippen LogP contribution in [0.2, 0.25) is 0 Å². The highest BCUT2D eigenvalue weighted by atomic mass is 16.5. The van der Waals surface area contributed by atoms with E-state index in [1.807, 2.05) is 36.4 Å². The first kappa shape index (κ1) is 18.7. The van der Waals surface area contributed by atoms with Crippen molar-refractivity contribution in [2.24, 2.45) is 11.1 Å². The third-order valence-electron chi connectivity index (χ3n) is 5.96. The Morgan fingerprint density at radius 2 is 1.61 bits per heavy atom. The summed E-state index contributed by atoms with van der Waals surface area (Å²) in [7, 11) is 0. The van der Waals surface area contributed by atoms with Crippen LogP contribution in [0.5, 0.6) is 0 Å². The molecule has 1 heterocycles. The second-order valence-corrected chi connectivity index (χ2v) is 7.80. The number of nitrogens with two attached hydrogens (primary N) is 1. The quantitative estimate of drug-likeness (QED) is 0.786. The van der Waals surface area contributed by atoms with Crippen molar-refractivity contribution in [2.45, 2.75) is 31.3 Å². The molecule has 1 aliphatic carbocycles. The molecule has 2 aromatic carbocycles. The average molecular weight is 378 g/mol. The largest absolute Gasteiger partial charge is 0.375 e. The molecule has 2 amide bonds. The zero-order valence-corrected chi connectivity index (χ0v) is 15.9. The summed E-state index contributed by atoms with van der Waals surface area (Å²) in [5, 5.41) is 0. The molecule has 5 nitrogen and oxygen atoms in total. The molecule has 28 heavy (non-hydrogen) atoms. The molecular formula is C23H26N2O3. The van der Waals surface area contributed by atoms with Crippen molar-refractivity contribution in [1.29, 1.82) is 0 Å². The minimum absolute atomic E-state index is 0.0770. The van der Waals surface area contributed by atoms with Gasteiger partial charge in [0.05, 0.1) is 12.7 Å². The predicted octanol–water partition coefficient (Wildman–Crippen LogP) is 2.70. The summed E-state index contributed by atoms with van der Waals surface area (Å²) in [4.78, 5) is 26.4. The molecular weight excluding hydrogens is 352 g/mol. The number of rotatable bonds is 6. The van der Waals surface area contributed by atoms with E-state index in [9.17, 15) is 9.59 Å². The van der Waals surface area contributed by atoms with Gasteiger partial charge in [-0.15, -0.1) is 0 Å². The minimum Gasteiger partial charge on any atom is -0.375 e. The summed E-state index contributed by atoms with van der Waals surface area (Å²) >= 11 is 0. The first-order chi connectivity index (χ1) is 13.6. The Bertz CT molecular complexity index is 794. The first-order valence-electron chi connectivity index (χ1n) is 9.91. The molecule has 0 unspecified atom stereocenters. The van der Waals surface area contributed by atoms with E-state index >= 15 is 0 Å². The van der Waals surface area contributed by atoms with Crippen LogP contribution in [0.4, 0.5) is 0 Å². The fourth-order valence-corrected chi connectivity index (χ4v) is 4.14. The summed E-state index contributed by atoms with van der Waals surface area (Å²) in [6.07, 6.45) is 1.84. The summed E-state index contributed by atoms with van der Waals surface area (Å²) in [5.41, 5.74) is 7.00. The number of benzene rings is 2. The van der Waals surface area contributed by atoms with E-state index in [1.54, 1.807) is 4.90 Å². The van der Waals surface area contributed by atoms with Crippen LogP contribution < -0.4 is 5.73 Å². The van der Waals surface area contributed by atoms with E-state index in [2.05, 4.69) is 24.3 Å². The second kappa shape index (κ2) is 7.76. The van der Waals surface area contributed by atoms with Crippen molar-refractivity contribution >= 4 is 11.8 Å². The molecule has 0 bridgehead atoms. The van der Waals surface area contributed by atoms with Crippen molar-refractivity contribution in [3.05, 3.63) is 71.8 Å². The van der Waals surface area contributed by atoms with Crippen LogP contribution in [0.15, 0.2) is 60.7 Å². The van der Waals surface area contributed by atoms with Gasteiger partial charge in [0.1, 0.15) is 5.41 Å². The standard InChI is InChI=1S/C23H26N2O3/c24-21(26)23(11-12-23)22(27)25-13-14-28-19(16-25)15-20(17-7-3-1-4-8-17)18-9-5-2-6-10-18/h1-10,19-20H,11-16H2,(H2,24,26)/t19-/m0/s1. The highest BCUT2D eigenvalue weighted by molar-refractivity contribution is 6.07. The van der Waals surface area contributed by atoms with E-state index in [-0.39, 0.29) is 17.9 Å². The third-order valence-corrected chi connectivity index (χ3v) is 5.96.